The van der Waals surface area contributed by atoms with E-state index in [1.807, 2.05) is 0 Å². The number of nitrogens with zero attached hydrogens (tertiary/aromatic N) is 1. The molecule has 1 rings (SSSR count). The number of esters is 1. The highest BCUT2D eigenvalue weighted by atomic mass is 32.2. The van der Waals surface area contributed by atoms with Gasteiger partial charge in [0.2, 0.25) is 0 Å². The first-order chi connectivity index (χ1) is 9.19. The molecule has 0 bridgehead atoms. The highest BCUT2D eigenvalue weighted by molar-refractivity contribution is 7.89. The van der Waals surface area contributed by atoms with E-state index in [2.05, 4.69) is 0 Å². The first kappa shape index (κ1) is 16.2. The maximum Gasteiger partial charge on any atom is 0.338 e. The molecule has 0 spiro atoms. The summed E-state index contributed by atoms with van der Waals surface area (Å²) in [4.78, 5) is 24.3. The van der Waals surface area contributed by atoms with Crippen molar-refractivity contribution in [3.05, 3.63) is 35.4 Å². The van der Waals surface area contributed by atoms with Gasteiger partial charge in [-0.25, -0.2) is 13.2 Å². The monoisotopic (exact) mass is 299 g/mol. The maximum atomic E-state index is 11.7. The minimum absolute atomic E-state index is 0.0819. The normalized spacial score (nSPS) is 10.9. The number of benzene rings is 1. The molecule has 0 fully saturated rings. The van der Waals surface area contributed by atoms with Gasteiger partial charge in [0, 0.05) is 20.4 Å². The second-order valence-electron chi connectivity index (χ2n) is 4.63. The summed E-state index contributed by atoms with van der Waals surface area (Å²) in [5, 5.41) is 0. The summed E-state index contributed by atoms with van der Waals surface area (Å²) in [6, 6.07) is 6.04. The van der Waals surface area contributed by atoms with Crippen molar-refractivity contribution in [2.24, 2.45) is 0 Å². The third kappa shape index (κ3) is 5.40. The molecule has 1 amide bonds. The molecule has 0 aliphatic carbocycles. The van der Waals surface area contributed by atoms with E-state index >= 15 is 0 Å². The number of ether oxygens (including phenoxy) is 1. The average Bonchev–Trinajstić information content (AvgIpc) is 2.34. The minimum Gasteiger partial charge on any atom is -0.452 e. The van der Waals surface area contributed by atoms with Crippen LogP contribution in [0.2, 0.25) is 0 Å². The van der Waals surface area contributed by atoms with Crippen molar-refractivity contribution >= 4 is 21.7 Å². The molecule has 0 aliphatic rings. The van der Waals surface area contributed by atoms with Gasteiger partial charge in [0.15, 0.2) is 16.4 Å². The molecule has 0 aromatic heterocycles. The molecule has 0 saturated carbocycles. The molecule has 0 saturated heterocycles. The minimum atomic E-state index is -3.11. The van der Waals surface area contributed by atoms with Crippen LogP contribution in [0.15, 0.2) is 24.3 Å². The van der Waals surface area contributed by atoms with Crippen LogP contribution in [0.5, 0.6) is 0 Å². The summed E-state index contributed by atoms with van der Waals surface area (Å²) in [6.07, 6.45) is 1.14. The van der Waals surface area contributed by atoms with Gasteiger partial charge in [0.05, 0.1) is 11.3 Å². The zero-order chi connectivity index (χ0) is 15.3. The van der Waals surface area contributed by atoms with E-state index in [1.165, 1.54) is 17.0 Å². The average molecular weight is 299 g/mol. The van der Waals surface area contributed by atoms with Crippen molar-refractivity contribution in [1.29, 1.82) is 0 Å². The van der Waals surface area contributed by atoms with Crippen LogP contribution in [0, 0.1) is 0 Å². The quantitative estimate of drug-likeness (QED) is 0.739. The summed E-state index contributed by atoms with van der Waals surface area (Å²) in [7, 11) is 0.0236. The van der Waals surface area contributed by atoms with E-state index in [1.54, 1.807) is 26.2 Å². The van der Waals surface area contributed by atoms with Gasteiger partial charge < -0.3 is 9.64 Å². The molecular formula is C13H17NO5S. The molecular weight excluding hydrogens is 282 g/mol. The van der Waals surface area contributed by atoms with E-state index in [0.29, 0.717) is 5.56 Å². The van der Waals surface area contributed by atoms with Gasteiger partial charge in [-0.3, -0.25) is 4.79 Å². The second kappa shape index (κ2) is 6.51. The molecule has 7 heteroatoms. The Kier molecular flexibility index (Phi) is 5.26. The highest BCUT2D eigenvalue weighted by Gasteiger charge is 2.12. The number of carbonyl (C=O) groups is 2. The molecule has 0 heterocycles. The molecule has 0 aliphatic heterocycles. The first-order valence-electron chi connectivity index (χ1n) is 5.83. The predicted molar refractivity (Wildman–Crippen MR) is 74.0 cm³/mol. The smallest absolute Gasteiger partial charge is 0.338 e. The Morgan fingerprint density at radius 1 is 1.15 bits per heavy atom. The molecule has 0 atom stereocenters. The molecule has 0 N–H and O–H groups in total. The van der Waals surface area contributed by atoms with Gasteiger partial charge in [0.25, 0.3) is 5.91 Å². The fraction of sp³-hybridized carbons (Fsp3) is 0.385. The zero-order valence-electron chi connectivity index (χ0n) is 11.6. The van der Waals surface area contributed by atoms with Gasteiger partial charge in [0.1, 0.15) is 0 Å². The lowest BCUT2D eigenvalue weighted by molar-refractivity contribution is -0.131. The number of likely N-dealkylation sites (N-methyl/N-ethyl adjacent to an activating group) is 1. The van der Waals surface area contributed by atoms with Gasteiger partial charge in [-0.15, -0.1) is 0 Å². The number of rotatable bonds is 5. The molecule has 1 aromatic carbocycles. The second-order valence-corrected chi connectivity index (χ2v) is 6.77. The van der Waals surface area contributed by atoms with Crippen LogP contribution < -0.4 is 0 Å². The summed E-state index contributed by atoms with van der Waals surface area (Å²) in [5.74, 6) is -1.01. The Morgan fingerprint density at radius 3 is 2.15 bits per heavy atom. The Balaban J connectivity index is 2.64. The van der Waals surface area contributed by atoms with E-state index in [0.717, 1.165) is 6.26 Å². The Morgan fingerprint density at radius 2 is 1.70 bits per heavy atom. The molecule has 0 unspecified atom stereocenters. The third-order valence-electron chi connectivity index (χ3n) is 2.44. The maximum absolute atomic E-state index is 11.7. The van der Waals surface area contributed by atoms with E-state index < -0.39 is 15.8 Å². The molecule has 1 aromatic rings. The van der Waals surface area contributed by atoms with Gasteiger partial charge in [-0.05, 0) is 17.7 Å². The van der Waals surface area contributed by atoms with Crippen LogP contribution in [0.3, 0.4) is 0 Å². The topological polar surface area (TPSA) is 80.8 Å². The SMILES string of the molecule is CN(C)C(=O)COC(=O)c1ccc(CS(C)(=O)=O)cc1. The van der Waals surface area contributed by atoms with Crippen LogP contribution >= 0.6 is 0 Å². The van der Waals surface area contributed by atoms with Crippen molar-refractivity contribution in [2.45, 2.75) is 5.75 Å². The fourth-order valence-electron chi connectivity index (χ4n) is 1.38. The van der Waals surface area contributed by atoms with Crippen molar-refractivity contribution < 1.29 is 22.7 Å². The van der Waals surface area contributed by atoms with Gasteiger partial charge in [-0.1, -0.05) is 12.1 Å². The van der Waals surface area contributed by atoms with Crippen LogP contribution in [0.4, 0.5) is 0 Å². The fourth-order valence-corrected chi connectivity index (χ4v) is 2.18. The van der Waals surface area contributed by atoms with Crippen molar-refractivity contribution in [1.82, 2.24) is 4.90 Å². The van der Waals surface area contributed by atoms with Crippen molar-refractivity contribution in [3.8, 4) is 0 Å². The number of sulfone groups is 1. The summed E-state index contributed by atoms with van der Waals surface area (Å²) in [5.41, 5.74) is 0.863. The van der Waals surface area contributed by atoms with Gasteiger partial charge >= 0.3 is 5.97 Å². The molecule has 0 radical (unpaired) electrons. The third-order valence-corrected chi connectivity index (χ3v) is 3.30. The van der Waals surface area contributed by atoms with Crippen LogP contribution in [0.25, 0.3) is 0 Å². The number of amides is 1. The van der Waals surface area contributed by atoms with Crippen molar-refractivity contribution in [3.63, 3.8) is 0 Å². The summed E-state index contributed by atoms with van der Waals surface area (Å²) < 4.78 is 27.1. The van der Waals surface area contributed by atoms with Crippen LogP contribution in [-0.4, -0.2) is 52.2 Å². The lowest BCUT2D eigenvalue weighted by Gasteiger charge is -2.10. The van der Waals surface area contributed by atoms with Crippen molar-refractivity contribution in [2.75, 3.05) is 27.0 Å². The largest absolute Gasteiger partial charge is 0.452 e. The Labute approximate surface area is 118 Å². The molecule has 6 nitrogen and oxygen atoms in total. The number of hydrogen-bond donors (Lipinski definition) is 0. The Hall–Kier alpha value is -1.89. The summed E-state index contributed by atoms with van der Waals surface area (Å²) >= 11 is 0. The summed E-state index contributed by atoms with van der Waals surface area (Å²) in [6.45, 7) is -0.322. The number of hydrogen-bond acceptors (Lipinski definition) is 5. The van der Waals surface area contributed by atoms with Gasteiger partial charge in [-0.2, -0.15) is 0 Å². The first-order valence-corrected chi connectivity index (χ1v) is 7.89. The predicted octanol–water partition coefficient (Wildman–Crippen LogP) is 0.476. The molecule has 110 valence electrons. The van der Waals surface area contributed by atoms with Crippen LogP contribution in [-0.2, 0) is 25.1 Å². The van der Waals surface area contributed by atoms with Crippen LogP contribution in [0.1, 0.15) is 15.9 Å². The Bertz CT molecular complexity index is 590. The van der Waals surface area contributed by atoms with E-state index in [4.69, 9.17) is 4.74 Å². The number of carbonyl (C=O) groups excluding carboxylic acids is 2. The van der Waals surface area contributed by atoms with E-state index in [-0.39, 0.29) is 23.8 Å². The zero-order valence-corrected chi connectivity index (χ0v) is 12.4. The van der Waals surface area contributed by atoms with E-state index in [9.17, 15) is 18.0 Å². The highest BCUT2D eigenvalue weighted by Crippen LogP contribution is 2.09. The lowest BCUT2D eigenvalue weighted by atomic mass is 10.1. The standard InChI is InChI=1S/C13H17NO5S/c1-14(2)12(15)8-19-13(16)11-6-4-10(5-7-11)9-20(3,17)18/h4-7H,8-9H2,1-3H3. The lowest BCUT2D eigenvalue weighted by Crippen LogP contribution is -2.27. The molecule has 20 heavy (non-hydrogen) atoms.